The summed E-state index contributed by atoms with van der Waals surface area (Å²) in [6.45, 7) is 6.35. The highest BCUT2D eigenvalue weighted by molar-refractivity contribution is 5.83. The van der Waals surface area contributed by atoms with Gasteiger partial charge in [0.15, 0.2) is 0 Å². The number of ketones is 1. The molecule has 0 amide bonds. The zero-order valence-electron chi connectivity index (χ0n) is 8.81. The highest BCUT2D eigenvalue weighted by atomic mass is 16.1. The van der Waals surface area contributed by atoms with Crippen molar-refractivity contribution in [2.75, 3.05) is 0 Å². The van der Waals surface area contributed by atoms with E-state index in [9.17, 15) is 4.79 Å². The van der Waals surface area contributed by atoms with Crippen molar-refractivity contribution in [3.05, 3.63) is 22.8 Å². The number of Topliss-reactive ketones (excluding diaryl/α,β-unsaturated/α-hetero) is 1. The smallest absolute Gasteiger partial charge is 0.137 e. The lowest BCUT2D eigenvalue weighted by Gasteiger charge is -2.18. The topological polar surface area (TPSA) is 17.1 Å². The number of allylic oxidation sites excluding steroid dienone is 4. The summed E-state index contributed by atoms with van der Waals surface area (Å²) >= 11 is 0. The maximum Gasteiger partial charge on any atom is 0.137 e. The van der Waals surface area contributed by atoms with Gasteiger partial charge >= 0.3 is 0 Å². The Labute approximate surface area is 80.5 Å². The molecule has 0 saturated heterocycles. The molecule has 0 aromatic heterocycles. The van der Waals surface area contributed by atoms with E-state index in [4.69, 9.17) is 0 Å². The minimum atomic E-state index is 0.397. The van der Waals surface area contributed by atoms with Gasteiger partial charge < -0.3 is 0 Å². The Balaban J connectivity index is 2.93. The van der Waals surface area contributed by atoms with Crippen LogP contribution < -0.4 is 0 Å². The van der Waals surface area contributed by atoms with Gasteiger partial charge in [-0.05, 0) is 37.8 Å². The second kappa shape index (κ2) is 4.40. The molecular formula is C12H18O. The molecule has 0 aliphatic heterocycles. The molecule has 0 atom stereocenters. The Morgan fingerprint density at radius 3 is 2.69 bits per heavy atom. The van der Waals surface area contributed by atoms with E-state index in [0.717, 1.165) is 19.3 Å². The highest BCUT2D eigenvalue weighted by Gasteiger charge is 2.17. The van der Waals surface area contributed by atoms with Gasteiger partial charge in [-0.2, -0.15) is 0 Å². The van der Waals surface area contributed by atoms with E-state index in [1.165, 1.54) is 16.7 Å². The van der Waals surface area contributed by atoms with Crippen molar-refractivity contribution in [2.24, 2.45) is 0 Å². The largest absolute Gasteiger partial charge is 0.299 e. The lowest BCUT2D eigenvalue weighted by atomic mass is 9.86. The normalized spacial score (nSPS) is 19.6. The van der Waals surface area contributed by atoms with Crippen LogP contribution in [0.5, 0.6) is 0 Å². The molecule has 0 unspecified atom stereocenters. The van der Waals surface area contributed by atoms with Gasteiger partial charge in [-0.25, -0.2) is 0 Å². The second-order valence-electron chi connectivity index (χ2n) is 3.64. The number of rotatable bonds is 2. The van der Waals surface area contributed by atoms with Crippen LogP contribution in [0, 0.1) is 0 Å². The first-order valence-electron chi connectivity index (χ1n) is 5.05. The highest BCUT2D eigenvalue weighted by Crippen LogP contribution is 2.28. The van der Waals surface area contributed by atoms with E-state index >= 15 is 0 Å². The lowest BCUT2D eigenvalue weighted by Crippen LogP contribution is -2.09. The molecule has 72 valence electrons. The first-order valence-corrected chi connectivity index (χ1v) is 5.05. The van der Waals surface area contributed by atoms with Crippen molar-refractivity contribution in [3.8, 4) is 0 Å². The molecule has 0 saturated carbocycles. The van der Waals surface area contributed by atoms with Crippen LogP contribution in [-0.2, 0) is 4.79 Å². The summed E-state index contributed by atoms with van der Waals surface area (Å²) in [6, 6.07) is 0. The minimum absolute atomic E-state index is 0.397. The van der Waals surface area contributed by atoms with Crippen molar-refractivity contribution >= 4 is 5.78 Å². The molecule has 1 nitrogen and oxygen atoms in total. The molecule has 0 fully saturated rings. The quantitative estimate of drug-likeness (QED) is 0.633. The maximum atomic E-state index is 11.3. The fourth-order valence-electron chi connectivity index (χ4n) is 1.89. The summed E-state index contributed by atoms with van der Waals surface area (Å²) < 4.78 is 0. The molecule has 0 spiro atoms. The lowest BCUT2D eigenvalue weighted by molar-refractivity contribution is -0.118. The maximum absolute atomic E-state index is 11.3. The molecule has 1 aliphatic rings. The van der Waals surface area contributed by atoms with Crippen molar-refractivity contribution in [1.29, 1.82) is 0 Å². The second-order valence-corrected chi connectivity index (χ2v) is 3.64. The van der Waals surface area contributed by atoms with Gasteiger partial charge in [-0.1, -0.05) is 18.6 Å². The van der Waals surface area contributed by atoms with Crippen molar-refractivity contribution in [1.82, 2.24) is 0 Å². The Hall–Kier alpha value is -0.850. The average molecular weight is 178 g/mol. The van der Waals surface area contributed by atoms with Gasteiger partial charge in [0.25, 0.3) is 0 Å². The average Bonchev–Trinajstić information content (AvgIpc) is 2.13. The van der Waals surface area contributed by atoms with Gasteiger partial charge in [-0.3, -0.25) is 4.79 Å². The van der Waals surface area contributed by atoms with E-state index in [-0.39, 0.29) is 0 Å². The van der Waals surface area contributed by atoms with Crippen molar-refractivity contribution in [2.45, 2.75) is 46.5 Å². The van der Waals surface area contributed by atoms with Crippen molar-refractivity contribution in [3.63, 3.8) is 0 Å². The van der Waals surface area contributed by atoms with E-state index in [1.807, 2.05) is 0 Å². The molecule has 0 heterocycles. The Bertz CT molecular complexity index is 269. The molecule has 0 N–H and O–H groups in total. The fraction of sp³-hybridized carbons (Fsp3) is 0.583. The molecule has 1 rings (SSSR count). The van der Waals surface area contributed by atoms with Gasteiger partial charge in [0.2, 0.25) is 0 Å². The number of hydrogen-bond donors (Lipinski definition) is 0. The molecule has 13 heavy (non-hydrogen) atoms. The zero-order chi connectivity index (χ0) is 9.84. The molecular weight excluding hydrogens is 160 g/mol. The fourth-order valence-corrected chi connectivity index (χ4v) is 1.89. The van der Waals surface area contributed by atoms with Crippen LogP contribution in [0.2, 0.25) is 0 Å². The summed E-state index contributed by atoms with van der Waals surface area (Å²) in [5, 5.41) is 0. The predicted octanol–water partition coefficient (Wildman–Crippen LogP) is 3.41. The van der Waals surface area contributed by atoms with Crippen LogP contribution in [0.25, 0.3) is 0 Å². The summed E-state index contributed by atoms with van der Waals surface area (Å²) in [4.78, 5) is 11.3. The van der Waals surface area contributed by atoms with Crippen LogP contribution in [0.4, 0.5) is 0 Å². The molecule has 0 aromatic carbocycles. The monoisotopic (exact) mass is 178 g/mol. The SMILES string of the molecule is C/C=C(/CC)C1=C(C)CCC(=O)C1. The Morgan fingerprint density at radius 1 is 1.46 bits per heavy atom. The predicted molar refractivity (Wildman–Crippen MR) is 55.6 cm³/mol. The third-order valence-electron chi connectivity index (χ3n) is 2.78. The Kier molecular flexibility index (Phi) is 3.47. The molecule has 0 radical (unpaired) electrons. The van der Waals surface area contributed by atoms with Crippen LogP contribution in [-0.4, -0.2) is 5.78 Å². The number of carbonyl (C=O) groups excluding carboxylic acids is 1. The Morgan fingerprint density at radius 2 is 2.15 bits per heavy atom. The van der Waals surface area contributed by atoms with Crippen LogP contribution >= 0.6 is 0 Å². The molecule has 0 aromatic rings. The van der Waals surface area contributed by atoms with Crippen molar-refractivity contribution < 1.29 is 4.79 Å². The number of carbonyl (C=O) groups is 1. The summed E-state index contributed by atoms with van der Waals surface area (Å²) in [5.41, 5.74) is 4.07. The van der Waals surface area contributed by atoms with E-state index < -0.39 is 0 Å². The summed E-state index contributed by atoms with van der Waals surface area (Å²) in [5.74, 6) is 0.397. The summed E-state index contributed by atoms with van der Waals surface area (Å²) in [7, 11) is 0. The van der Waals surface area contributed by atoms with Crippen LogP contribution in [0.15, 0.2) is 22.8 Å². The van der Waals surface area contributed by atoms with E-state index in [2.05, 4.69) is 26.8 Å². The first-order chi connectivity index (χ1) is 6.19. The van der Waals surface area contributed by atoms with E-state index in [1.54, 1.807) is 0 Å². The van der Waals surface area contributed by atoms with Gasteiger partial charge in [0.1, 0.15) is 5.78 Å². The zero-order valence-corrected chi connectivity index (χ0v) is 8.81. The summed E-state index contributed by atoms with van der Waals surface area (Å²) in [6.07, 6.45) is 5.55. The van der Waals surface area contributed by atoms with Gasteiger partial charge in [0.05, 0.1) is 0 Å². The standard InChI is InChI=1S/C12H18O/c1-4-10(5-2)12-8-11(13)7-6-9(12)3/h4H,5-8H2,1-3H3/b10-4-. The molecule has 0 bridgehead atoms. The third-order valence-corrected chi connectivity index (χ3v) is 2.78. The molecule has 1 aliphatic carbocycles. The number of hydrogen-bond acceptors (Lipinski definition) is 1. The van der Waals surface area contributed by atoms with Gasteiger partial charge in [0, 0.05) is 12.8 Å². The first kappa shape index (κ1) is 10.2. The molecule has 1 heteroatoms. The minimum Gasteiger partial charge on any atom is -0.299 e. The van der Waals surface area contributed by atoms with Crippen LogP contribution in [0.3, 0.4) is 0 Å². The third kappa shape index (κ3) is 2.30. The van der Waals surface area contributed by atoms with Crippen LogP contribution in [0.1, 0.15) is 46.5 Å². The van der Waals surface area contributed by atoms with E-state index in [0.29, 0.717) is 12.2 Å². The van der Waals surface area contributed by atoms with Gasteiger partial charge in [-0.15, -0.1) is 0 Å².